The van der Waals surface area contributed by atoms with Crippen LogP contribution in [-0.4, -0.2) is 82.2 Å². The van der Waals surface area contributed by atoms with E-state index < -0.39 is 41.0 Å². The maximum absolute atomic E-state index is 13.7. The number of esters is 1. The van der Waals surface area contributed by atoms with Crippen molar-refractivity contribution in [3.05, 3.63) is 41.0 Å². The van der Waals surface area contributed by atoms with Gasteiger partial charge >= 0.3 is 5.97 Å². The third-order valence-corrected chi connectivity index (χ3v) is 8.03. The Labute approximate surface area is 263 Å². The van der Waals surface area contributed by atoms with Crippen molar-refractivity contribution in [1.29, 1.82) is 0 Å². The number of aliphatic hydroxyl groups is 1. The summed E-state index contributed by atoms with van der Waals surface area (Å²) < 4.78 is 10.7. The van der Waals surface area contributed by atoms with Crippen molar-refractivity contribution >= 4 is 35.0 Å². The number of thiazole rings is 1. The summed E-state index contributed by atoms with van der Waals surface area (Å²) >= 11 is 1.57. The van der Waals surface area contributed by atoms with Gasteiger partial charge in [-0.25, -0.2) is 4.98 Å². The van der Waals surface area contributed by atoms with Crippen molar-refractivity contribution in [3.8, 4) is 10.4 Å². The van der Waals surface area contributed by atoms with E-state index in [2.05, 4.69) is 15.6 Å². The van der Waals surface area contributed by atoms with Crippen molar-refractivity contribution in [2.45, 2.75) is 98.1 Å². The minimum absolute atomic E-state index is 0.00392. The number of ether oxygens (including phenoxy) is 2. The lowest BCUT2D eigenvalue weighted by Crippen LogP contribution is -2.57. The zero-order valence-corrected chi connectivity index (χ0v) is 27.6. The Kier molecular flexibility index (Phi) is 12.0. The Balaban J connectivity index is 1.54. The van der Waals surface area contributed by atoms with Gasteiger partial charge < -0.3 is 30.1 Å². The number of amides is 3. The van der Waals surface area contributed by atoms with Crippen LogP contribution in [0.25, 0.3) is 10.4 Å². The molecule has 0 bridgehead atoms. The van der Waals surface area contributed by atoms with Gasteiger partial charge in [-0.2, -0.15) is 0 Å². The van der Waals surface area contributed by atoms with E-state index in [9.17, 15) is 24.3 Å². The maximum atomic E-state index is 13.7. The molecule has 3 N–H and O–H groups in total. The lowest BCUT2D eigenvalue weighted by molar-refractivity contribution is -0.156. The number of hydrogen-bond acceptors (Lipinski definition) is 9. The third-order valence-electron chi connectivity index (χ3n) is 7.06. The topological polar surface area (TPSA) is 147 Å². The Hall–Kier alpha value is -3.35. The summed E-state index contributed by atoms with van der Waals surface area (Å²) in [5.41, 5.74) is 3.48. The molecule has 1 aliphatic rings. The molecule has 1 saturated heterocycles. The number of hydrogen-bond donors (Lipinski definition) is 3. The van der Waals surface area contributed by atoms with E-state index in [0.717, 1.165) is 21.7 Å². The molecule has 3 amide bonds. The number of aliphatic hydroxyl groups excluding tert-OH is 1. The fraction of sp³-hybridized carbons (Fsp3) is 0.594. The van der Waals surface area contributed by atoms with Gasteiger partial charge in [0, 0.05) is 25.9 Å². The van der Waals surface area contributed by atoms with Crippen LogP contribution in [0.3, 0.4) is 0 Å². The first-order valence-corrected chi connectivity index (χ1v) is 15.8. The minimum atomic E-state index is -0.930. The van der Waals surface area contributed by atoms with E-state index in [1.165, 1.54) is 4.90 Å². The number of rotatable bonds is 12. The molecule has 3 atom stereocenters. The summed E-state index contributed by atoms with van der Waals surface area (Å²) in [6.45, 7) is 13.2. The van der Waals surface area contributed by atoms with Crippen molar-refractivity contribution in [3.63, 3.8) is 0 Å². The first-order chi connectivity index (χ1) is 20.5. The average molecular weight is 631 g/mol. The Morgan fingerprint density at radius 1 is 1.07 bits per heavy atom. The van der Waals surface area contributed by atoms with E-state index in [1.807, 2.05) is 57.5 Å². The number of nitrogens with one attached hydrogen (secondary N) is 2. The molecule has 0 saturated carbocycles. The van der Waals surface area contributed by atoms with Crippen LogP contribution in [0.15, 0.2) is 29.8 Å². The number of β-amino-alcohol motifs (C(OH)–C–C–N with tert-alkyl or cyclic N) is 1. The molecule has 1 fully saturated rings. The molecule has 0 spiro atoms. The number of carbonyl (C=O) groups excluding carboxylic acids is 4. The van der Waals surface area contributed by atoms with Gasteiger partial charge in [0.05, 0.1) is 41.8 Å². The molecule has 2 heterocycles. The second-order valence-corrected chi connectivity index (χ2v) is 14.0. The molecule has 0 radical (unpaired) electrons. The maximum Gasteiger partial charge on any atom is 0.308 e. The first-order valence-electron chi connectivity index (χ1n) is 14.9. The van der Waals surface area contributed by atoms with Gasteiger partial charge in [0.1, 0.15) is 17.7 Å². The first kappa shape index (κ1) is 35.1. The Morgan fingerprint density at radius 2 is 1.73 bits per heavy atom. The summed E-state index contributed by atoms with van der Waals surface area (Å²) in [5.74, 6) is -1.58. The SMILES string of the molecule is Cc1ncsc1-c1ccc(CNC(=O)[C@@H]2C[C@H](O)CN2C(=O)[C@@H](NC(=O)CCOCCC(=O)OC(C)(C)C)C(C)(C)C)cc1. The second-order valence-electron chi connectivity index (χ2n) is 13.1. The number of aromatic nitrogens is 1. The van der Waals surface area contributed by atoms with Crippen LogP contribution in [0.4, 0.5) is 0 Å². The largest absolute Gasteiger partial charge is 0.460 e. The van der Waals surface area contributed by atoms with Crippen LogP contribution in [0, 0.1) is 12.3 Å². The van der Waals surface area contributed by atoms with E-state index >= 15 is 0 Å². The van der Waals surface area contributed by atoms with Crippen molar-refractivity contribution in [2.75, 3.05) is 19.8 Å². The van der Waals surface area contributed by atoms with Crippen LogP contribution in [0.2, 0.25) is 0 Å². The lowest BCUT2D eigenvalue weighted by atomic mass is 9.85. The fourth-order valence-electron chi connectivity index (χ4n) is 4.83. The number of nitrogens with zero attached hydrogens (tertiary/aromatic N) is 2. The number of carbonyl (C=O) groups is 4. The van der Waals surface area contributed by atoms with Crippen molar-refractivity contribution in [2.24, 2.45) is 5.41 Å². The summed E-state index contributed by atoms with van der Waals surface area (Å²) in [4.78, 5) is 58.3. The zero-order chi connectivity index (χ0) is 32.7. The second kappa shape index (κ2) is 15.1. The highest BCUT2D eigenvalue weighted by atomic mass is 32.1. The van der Waals surface area contributed by atoms with Gasteiger partial charge in [0.25, 0.3) is 0 Å². The predicted octanol–water partition coefficient (Wildman–Crippen LogP) is 3.37. The van der Waals surface area contributed by atoms with Gasteiger partial charge in [-0.15, -0.1) is 11.3 Å². The summed E-state index contributed by atoms with van der Waals surface area (Å²) in [6.07, 6.45) is -0.688. The Morgan fingerprint density at radius 3 is 2.32 bits per heavy atom. The third kappa shape index (κ3) is 10.4. The molecule has 44 heavy (non-hydrogen) atoms. The molecule has 3 rings (SSSR count). The predicted molar refractivity (Wildman–Crippen MR) is 168 cm³/mol. The van der Waals surface area contributed by atoms with Crippen LogP contribution in [0.1, 0.15) is 72.1 Å². The molecule has 11 nitrogen and oxygen atoms in total. The van der Waals surface area contributed by atoms with Gasteiger partial charge in [0.15, 0.2) is 0 Å². The molecule has 0 unspecified atom stereocenters. The van der Waals surface area contributed by atoms with Crippen molar-refractivity contribution in [1.82, 2.24) is 20.5 Å². The van der Waals surface area contributed by atoms with Gasteiger partial charge in [-0.3, -0.25) is 19.2 Å². The highest BCUT2D eigenvalue weighted by molar-refractivity contribution is 7.13. The molecule has 1 aliphatic heterocycles. The molecule has 242 valence electrons. The molecular formula is C32H46N4O7S. The number of aryl methyl sites for hydroxylation is 1. The van der Waals surface area contributed by atoms with Gasteiger partial charge in [0.2, 0.25) is 17.7 Å². The van der Waals surface area contributed by atoms with Gasteiger partial charge in [-0.1, -0.05) is 45.0 Å². The standard InChI is InChI=1S/C32H46N4O7S/c1-20-27(44-19-34-20)22-10-8-21(9-11-22)17-33-29(40)24-16-23(37)18-36(24)30(41)28(31(2,3)4)35-25(38)12-14-42-15-13-26(39)43-32(5,6)7/h8-11,19,23-24,28,37H,12-18H2,1-7H3,(H,33,40)(H,35,38)/t23-,24-,28+/m0/s1. The number of likely N-dealkylation sites (tertiary alicyclic amines) is 1. The monoisotopic (exact) mass is 630 g/mol. The highest BCUT2D eigenvalue weighted by Gasteiger charge is 2.44. The normalized spacial score (nSPS) is 17.7. The van der Waals surface area contributed by atoms with Crippen LogP contribution >= 0.6 is 11.3 Å². The van der Waals surface area contributed by atoms with Crippen LogP contribution in [-0.2, 0) is 35.2 Å². The molecular weight excluding hydrogens is 584 g/mol. The lowest BCUT2D eigenvalue weighted by Gasteiger charge is -2.35. The highest BCUT2D eigenvalue weighted by Crippen LogP contribution is 2.28. The van der Waals surface area contributed by atoms with E-state index in [4.69, 9.17) is 9.47 Å². The summed E-state index contributed by atoms with van der Waals surface area (Å²) in [5, 5.41) is 16.1. The van der Waals surface area contributed by atoms with E-state index in [-0.39, 0.29) is 57.4 Å². The van der Waals surface area contributed by atoms with E-state index in [0.29, 0.717) is 0 Å². The quantitative estimate of drug-likeness (QED) is 0.239. The molecule has 0 aliphatic carbocycles. The average Bonchev–Trinajstić information content (AvgIpc) is 3.53. The number of benzene rings is 1. The summed E-state index contributed by atoms with van der Waals surface area (Å²) in [6, 6.07) is 6.05. The molecule has 12 heteroatoms. The smallest absolute Gasteiger partial charge is 0.308 e. The van der Waals surface area contributed by atoms with Crippen LogP contribution in [0.5, 0.6) is 0 Å². The van der Waals surface area contributed by atoms with E-state index in [1.54, 1.807) is 32.1 Å². The molecule has 1 aromatic heterocycles. The molecule has 1 aromatic carbocycles. The van der Waals surface area contributed by atoms with Crippen molar-refractivity contribution < 1.29 is 33.8 Å². The Bertz CT molecular complexity index is 1300. The van der Waals surface area contributed by atoms with Crippen LogP contribution < -0.4 is 10.6 Å². The minimum Gasteiger partial charge on any atom is -0.460 e. The molecule has 2 aromatic rings. The van der Waals surface area contributed by atoms with Gasteiger partial charge in [-0.05, 0) is 44.2 Å². The summed E-state index contributed by atoms with van der Waals surface area (Å²) in [7, 11) is 0. The fourth-order valence-corrected chi connectivity index (χ4v) is 5.64. The zero-order valence-electron chi connectivity index (χ0n) is 26.8.